The number of carbonyl (C=O) groups is 1. The summed E-state index contributed by atoms with van der Waals surface area (Å²) in [4.78, 5) is 11.7. The Morgan fingerprint density at radius 3 is 2.61 bits per heavy atom. The summed E-state index contributed by atoms with van der Waals surface area (Å²) in [5.74, 6) is 0.619. The maximum Gasteiger partial charge on any atom is 0.339 e. The molecule has 5 nitrogen and oxygen atoms in total. The molecule has 2 rings (SSSR count). The lowest BCUT2D eigenvalue weighted by atomic mass is 10.2. The Morgan fingerprint density at radius 1 is 1.22 bits per heavy atom. The van der Waals surface area contributed by atoms with Gasteiger partial charge in [-0.15, -0.1) is 0 Å². The van der Waals surface area contributed by atoms with E-state index in [0.717, 1.165) is 5.56 Å². The molecule has 0 aliphatic carbocycles. The SMILES string of the molecule is CC(C)Oc1ccc(/C=N/NC(=O)Nc2ccccc2)cc1Cl. The van der Waals surface area contributed by atoms with Gasteiger partial charge in [-0.2, -0.15) is 5.10 Å². The van der Waals surface area contributed by atoms with Crippen molar-refractivity contribution in [2.24, 2.45) is 5.10 Å². The molecule has 120 valence electrons. The number of amides is 2. The third-order valence-electron chi connectivity index (χ3n) is 2.73. The van der Waals surface area contributed by atoms with Gasteiger partial charge in [-0.05, 0) is 49.7 Å². The summed E-state index contributed by atoms with van der Waals surface area (Å²) in [7, 11) is 0. The number of carbonyl (C=O) groups excluding carboxylic acids is 1. The van der Waals surface area contributed by atoms with E-state index >= 15 is 0 Å². The second-order valence-corrected chi connectivity index (χ2v) is 5.45. The monoisotopic (exact) mass is 331 g/mol. The van der Waals surface area contributed by atoms with Crippen LogP contribution in [0.15, 0.2) is 53.6 Å². The van der Waals surface area contributed by atoms with Gasteiger partial charge in [0.05, 0.1) is 17.3 Å². The van der Waals surface area contributed by atoms with Gasteiger partial charge in [0.25, 0.3) is 0 Å². The summed E-state index contributed by atoms with van der Waals surface area (Å²) in [6.45, 7) is 3.86. The van der Waals surface area contributed by atoms with Crippen LogP contribution in [0.25, 0.3) is 0 Å². The fourth-order valence-electron chi connectivity index (χ4n) is 1.79. The summed E-state index contributed by atoms with van der Waals surface area (Å²) in [6.07, 6.45) is 1.56. The molecule has 0 saturated carbocycles. The van der Waals surface area contributed by atoms with Gasteiger partial charge >= 0.3 is 6.03 Å². The number of para-hydroxylation sites is 1. The Hall–Kier alpha value is -2.53. The maximum absolute atomic E-state index is 11.7. The fraction of sp³-hybridized carbons (Fsp3) is 0.176. The minimum absolute atomic E-state index is 0.0513. The predicted octanol–water partition coefficient (Wildman–Crippen LogP) is 4.28. The van der Waals surface area contributed by atoms with Crippen molar-refractivity contribution >= 4 is 29.5 Å². The highest BCUT2D eigenvalue weighted by molar-refractivity contribution is 6.32. The maximum atomic E-state index is 11.7. The van der Waals surface area contributed by atoms with E-state index in [9.17, 15) is 4.79 Å². The number of hydrogen-bond donors (Lipinski definition) is 2. The summed E-state index contributed by atoms with van der Waals surface area (Å²) in [6, 6.07) is 14.0. The standard InChI is InChI=1S/C17H18ClN3O2/c1-12(2)23-16-9-8-13(10-15(16)18)11-19-21-17(22)20-14-6-4-3-5-7-14/h3-12H,1-2H3,(H2,20,21,22)/b19-11+. The molecule has 2 aromatic carbocycles. The molecule has 0 bridgehead atoms. The molecule has 0 spiro atoms. The number of urea groups is 1. The highest BCUT2D eigenvalue weighted by Crippen LogP contribution is 2.25. The molecule has 0 aromatic heterocycles. The number of benzene rings is 2. The molecule has 6 heteroatoms. The molecule has 0 aliphatic heterocycles. The van der Waals surface area contributed by atoms with Crippen molar-refractivity contribution in [3.63, 3.8) is 0 Å². The Morgan fingerprint density at radius 2 is 1.96 bits per heavy atom. The van der Waals surface area contributed by atoms with E-state index in [1.54, 1.807) is 24.3 Å². The lowest BCUT2D eigenvalue weighted by Gasteiger charge is -2.11. The van der Waals surface area contributed by atoms with Crippen molar-refractivity contribution in [2.45, 2.75) is 20.0 Å². The number of hydrogen-bond acceptors (Lipinski definition) is 3. The molecule has 0 atom stereocenters. The minimum atomic E-state index is -0.418. The van der Waals surface area contributed by atoms with Gasteiger partial charge in [-0.25, -0.2) is 10.2 Å². The Kier molecular flexibility index (Phi) is 6.00. The molecule has 23 heavy (non-hydrogen) atoms. The number of nitrogens with zero attached hydrogens (tertiary/aromatic N) is 1. The highest BCUT2D eigenvalue weighted by atomic mass is 35.5. The van der Waals surface area contributed by atoms with E-state index in [4.69, 9.17) is 16.3 Å². The van der Waals surface area contributed by atoms with Crippen LogP contribution in [0.2, 0.25) is 5.02 Å². The average molecular weight is 332 g/mol. The van der Waals surface area contributed by atoms with Gasteiger partial charge in [-0.3, -0.25) is 0 Å². The molecule has 2 aromatic rings. The van der Waals surface area contributed by atoms with E-state index in [2.05, 4.69) is 15.8 Å². The van der Waals surface area contributed by atoms with Gasteiger partial charge in [-0.1, -0.05) is 29.8 Å². The van der Waals surface area contributed by atoms with E-state index in [0.29, 0.717) is 16.5 Å². The average Bonchev–Trinajstić information content (AvgIpc) is 2.50. The van der Waals surface area contributed by atoms with Gasteiger partial charge in [0.15, 0.2) is 0 Å². The number of ether oxygens (including phenoxy) is 1. The zero-order valence-electron chi connectivity index (χ0n) is 12.9. The first-order chi connectivity index (χ1) is 11.0. The largest absolute Gasteiger partial charge is 0.489 e. The Bertz CT molecular complexity index is 687. The molecule has 2 amide bonds. The van der Waals surface area contributed by atoms with E-state index in [1.165, 1.54) is 6.21 Å². The molecule has 0 fully saturated rings. The van der Waals surface area contributed by atoms with Crippen molar-refractivity contribution in [1.82, 2.24) is 5.43 Å². The number of rotatable bonds is 5. The number of hydrazone groups is 1. The number of halogens is 1. The third kappa shape index (κ3) is 5.64. The topological polar surface area (TPSA) is 62.7 Å². The second kappa shape index (κ2) is 8.19. The summed E-state index contributed by atoms with van der Waals surface area (Å²) < 4.78 is 5.55. The number of anilines is 1. The van der Waals surface area contributed by atoms with Gasteiger partial charge in [0, 0.05) is 5.69 Å². The molecule has 0 unspecified atom stereocenters. The first kappa shape index (κ1) is 16.8. The predicted molar refractivity (Wildman–Crippen MR) is 93.4 cm³/mol. The minimum Gasteiger partial charge on any atom is -0.489 e. The van der Waals surface area contributed by atoms with Crippen molar-refractivity contribution in [2.75, 3.05) is 5.32 Å². The fourth-order valence-corrected chi connectivity index (χ4v) is 2.03. The van der Waals surface area contributed by atoms with Crippen LogP contribution in [0, 0.1) is 0 Å². The molecular formula is C17H18ClN3O2. The zero-order valence-corrected chi connectivity index (χ0v) is 13.7. The van der Waals surface area contributed by atoms with Crippen LogP contribution in [0.5, 0.6) is 5.75 Å². The Balaban J connectivity index is 1.90. The van der Waals surface area contributed by atoms with Crippen molar-refractivity contribution < 1.29 is 9.53 Å². The third-order valence-corrected chi connectivity index (χ3v) is 3.03. The molecule has 0 saturated heterocycles. The van der Waals surface area contributed by atoms with E-state index in [1.807, 2.05) is 38.1 Å². The summed E-state index contributed by atoms with van der Waals surface area (Å²) >= 11 is 6.14. The normalized spacial score (nSPS) is 10.8. The highest BCUT2D eigenvalue weighted by Gasteiger charge is 2.04. The van der Waals surface area contributed by atoms with Crippen molar-refractivity contribution in [1.29, 1.82) is 0 Å². The lowest BCUT2D eigenvalue weighted by molar-refractivity contribution is 0.242. The molecule has 2 N–H and O–H groups in total. The van der Waals surface area contributed by atoms with Crippen LogP contribution in [0.4, 0.5) is 10.5 Å². The molecule has 0 aliphatic rings. The van der Waals surface area contributed by atoms with Gasteiger partial charge in [0.2, 0.25) is 0 Å². The van der Waals surface area contributed by atoms with E-state index in [-0.39, 0.29) is 6.10 Å². The van der Waals surface area contributed by atoms with Crippen LogP contribution < -0.4 is 15.5 Å². The number of nitrogens with one attached hydrogen (secondary N) is 2. The van der Waals surface area contributed by atoms with Crippen LogP contribution in [0.1, 0.15) is 19.4 Å². The van der Waals surface area contributed by atoms with Gasteiger partial charge < -0.3 is 10.1 Å². The first-order valence-corrected chi connectivity index (χ1v) is 7.53. The summed E-state index contributed by atoms with van der Waals surface area (Å²) in [5.41, 5.74) is 3.84. The van der Waals surface area contributed by atoms with Gasteiger partial charge in [0.1, 0.15) is 5.75 Å². The Labute approximate surface area is 140 Å². The quantitative estimate of drug-likeness (QED) is 0.634. The molecule has 0 heterocycles. The smallest absolute Gasteiger partial charge is 0.339 e. The molecule has 0 radical (unpaired) electrons. The van der Waals surface area contributed by atoms with Crippen LogP contribution in [0.3, 0.4) is 0 Å². The van der Waals surface area contributed by atoms with Crippen LogP contribution >= 0.6 is 11.6 Å². The molecular weight excluding hydrogens is 314 g/mol. The second-order valence-electron chi connectivity index (χ2n) is 5.05. The first-order valence-electron chi connectivity index (χ1n) is 7.16. The van der Waals surface area contributed by atoms with Crippen molar-refractivity contribution in [3.05, 3.63) is 59.1 Å². The van der Waals surface area contributed by atoms with Crippen molar-refractivity contribution in [3.8, 4) is 5.75 Å². The van der Waals surface area contributed by atoms with Crippen LogP contribution in [-0.2, 0) is 0 Å². The summed E-state index contributed by atoms with van der Waals surface area (Å²) in [5, 5.41) is 7.04. The zero-order chi connectivity index (χ0) is 16.7. The van der Waals surface area contributed by atoms with Crippen LogP contribution in [-0.4, -0.2) is 18.3 Å². The lowest BCUT2D eigenvalue weighted by Crippen LogP contribution is -2.24. The van der Waals surface area contributed by atoms with E-state index < -0.39 is 6.03 Å².